The molecule has 7 nitrogen and oxygen atoms in total. The predicted octanol–water partition coefficient (Wildman–Crippen LogP) is -0.0810. The Kier molecular flexibility index (Phi) is 9.25. The van der Waals surface area contributed by atoms with Crippen molar-refractivity contribution in [2.24, 2.45) is 5.41 Å². The molecule has 2 N–H and O–H groups in total. The molecule has 1 rings (SSSR count). The quantitative estimate of drug-likeness (QED) is 0.573. The number of nitrogens with one attached hydrogen (secondary N) is 2. The van der Waals surface area contributed by atoms with Crippen molar-refractivity contribution in [1.82, 2.24) is 20.4 Å². The molecule has 1 heterocycles. The van der Waals surface area contributed by atoms with E-state index in [-0.39, 0.29) is 17.2 Å². The molecule has 1 aliphatic heterocycles. The number of carbonyl (C=O) groups is 2. The van der Waals surface area contributed by atoms with E-state index in [1.54, 1.807) is 7.11 Å². The first-order chi connectivity index (χ1) is 11.3. The van der Waals surface area contributed by atoms with Crippen LogP contribution in [0.2, 0.25) is 0 Å². The Morgan fingerprint density at radius 1 is 0.917 bits per heavy atom. The van der Waals surface area contributed by atoms with E-state index in [0.29, 0.717) is 26.2 Å². The van der Waals surface area contributed by atoms with E-state index in [2.05, 4.69) is 41.2 Å². The van der Waals surface area contributed by atoms with Gasteiger partial charge in [-0.1, -0.05) is 20.8 Å². The normalized spacial score (nSPS) is 16.8. The Morgan fingerprint density at radius 3 is 1.79 bits per heavy atom. The zero-order valence-corrected chi connectivity index (χ0v) is 15.7. The van der Waals surface area contributed by atoms with Crippen LogP contribution in [0.25, 0.3) is 0 Å². The molecule has 0 aromatic rings. The molecular formula is C17H34N4O3. The van der Waals surface area contributed by atoms with Crippen molar-refractivity contribution in [3.8, 4) is 0 Å². The number of rotatable bonds is 9. The van der Waals surface area contributed by atoms with Gasteiger partial charge in [-0.2, -0.15) is 0 Å². The molecule has 0 radical (unpaired) electrons. The second-order valence-electron chi connectivity index (χ2n) is 7.56. The molecule has 0 aromatic heterocycles. The fourth-order valence-corrected chi connectivity index (χ4v) is 2.49. The smallest absolute Gasteiger partial charge is 0.234 e. The summed E-state index contributed by atoms with van der Waals surface area (Å²) < 4.78 is 4.91. The van der Waals surface area contributed by atoms with Crippen LogP contribution in [-0.4, -0.2) is 87.7 Å². The first-order valence-electron chi connectivity index (χ1n) is 8.77. The van der Waals surface area contributed by atoms with Crippen LogP contribution in [0.1, 0.15) is 27.2 Å². The Labute approximate surface area is 146 Å². The molecule has 0 aromatic carbocycles. The molecule has 1 aliphatic rings. The number of amides is 2. The lowest BCUT2D eigenvalue weighted by Crippen LogP contribution is -2.51. The van der Waals surface area contributed by atoms with Gasteiger partial charge in [0.15, 0.2) is 0 Å². The summed E-state index contributed by atoms with van der Waals surface area (Å²) in [6.07, 6.45) is 0.977. The van der Waals surface area contributed by atoms with E-state index in [4.69, 9.17) is 4.74 Å². The molecule has 1 fully saturated rings. The number of piperazine rings is 1. The monoisotopic (exact) mass is 342 g/mol. The molecule has 0 saturated carbocycles. The minimum absolute atomic E-state index is 0.0282. The average Bonchev–Trinajstić information content (AvgIpc) is 2.48. The van der Waals surface area contributed by atoms with Crippen molar-refractivity contribution in [2.45, 2.75) is 27.2 Å². The van der Waals surface area contributed by atoms with Crippen molar-refractivity contribution < 1.29 is 14.3 Å². The van der Waals surface area contributed by atoms with Gasteiger partial charge in [0.2, 0.25) is 11.8 Å². The van der Waals surface area contributed by atoms with Gasteiger partial charge in [-0.15, -0.1) is 0 Å². The minimum atomic E-state index is 0.0282. The number of nitrogens with zero attached hydrogens (tertiary/aromatic N) is 2. The van der Waals surface area contributed by atoms with Crippen LogP contribution in [0.4, 0.5) is 0 Å². The fraction of sp³-hybridized carbons (Fsp3) is 0.882. The summed E-state index contributed by atoms with van der Waals surface area (Å²) in [5.74, 6) is 0.116. The van der Waals surface area contributed by atoms with Gasteiger partial charge in [0.1, 0.15) is 0 Å². The lowest BCUT2D eigenvalue weighted by Gasteiger charge is -2.33. The van der Waals surface area contributed by atoms with E-state index >= 15 is 0 Å². The number of hydrogen-bond donors (Lipinski definition) is 2. The van der Waals surface area contributed by atoms with Crippen LogP contribution in [0, 0.1) is 5.41 Å². The lowest BCUT2D eigenvalue weighted by atomic mass is 9.92. The van der Waals surface area contributed by atoms with Gasteiger partial charge in [-0.3, -0.25) is 19.4 Å². The van der Waals surface area contributed by atoms with Gasteiger partial charge in [-0.05, 0) is 11.8 Å². The number of methoxy groups -OCH3 is 1. The summed E-state index contributed by atoms with van der Waals surface area (Å²) in [6, 6.07) is 0. The first-order valence-corrected chi connectivity index (χ1v) is 8.77. The summed E-state index contributed by atoms with van der Waals surface area (Å²) in [6.45, 7) is 12.4. The minimum Gasteiger partial charge on any atom is -0.383 e. The Hall–Kier alpha value is -1.18. The second-order valence-corrected chi connectivity index (χ2v) is 7.56. The molecule has 0 atom stereocenters. The maximum Gasteiger partial charge on any atom is 0.234 e. The number of carbonyl (C=O) groups excluding carboxylic acids is 2. The van der Waals surface area contributed by atoms with Gasteiger partial charge < -0.3 is 15.4 Å². The molecule has 2 amide bonds. The standard InChI is InChI=1S/C17H34N4O3/c1-17(2,3)5-6-18-15(22)13-20-8-10-21(11-9-20)14-16(23)19-7-12-24-4/h5-14H2,1-4H3,(H,18,22)(H,19,23). The molecule has 140 valence electrons. The van der Waals surface area contributed by atoms with Crippen LogP contribution in [0.5, 0.6) is 0 Å². The van der Waals surface area contributed by atoms with E-state index in [1.165, 1.54) is 0 Å². The third kappa shape index (κ3) is 9.85. The van der Waals surface area contributed by atoms with Crippen LogP contribution in [0.15, 0.2) is 0 Å². The SMILES string of the molecule is COCCNC(=O)CN1CCN(CC(=O)NCCC(C)(C)C)CC1. The fourth-order valence-electron chi connectivity index (χ4n) is 2.49. The summed E-state index contributed by atoms with van der Waals surface area (Å²) in [4.78, 5) is 28.0. The average molecular weight is 342 g/mol. The molecular weight excluding hydrogens is 308 g/mol. The van der Waals surface area contributed by atoms with Gasteiger partial charge in [0, 0.05) is 46.4 Å². The Bertz CT molecular complexity index is 388. The van der Waals surface area contributed by atoms with E-state index in [1.807, 2.05) is 0 Å². The molecule has 7 heteroatoms. The van der Waals surface area contributed by atoms with Crippen molar-refractivity contribution in [2.75, 3.05) is 66.1 Å². The summed E-state index contributed by atoms with van der Waals surface area (Å²) in [7, 11) is 1.62. The summed E-state index contributed by atoms with van der Waals surface area (Å²) in [5, 5.41) is 5.81. The Morgan fingerprint density at radius 2 is 1.38 bits per heavy atom. The molecule has 1 saturated heterocycles. The van der Waals surface area contributed by atoms with E-state index < -0.39 is 0 Å². The highest BCUT2D eigenvalue weighted by Gasteiger charge is 2.20. The number of hydrogen-bond acceptors (Lipinski definition) is 5. The van der Waals surface area contributed by atoms with Crippen molar-refractivity contribution in [1.29, 1.82) is 0 Å². The van der Waals surface area contributed by atoms with Gasteiger partial charge in [-0.25, -0.2) is 0 Å². The van der Waals surface area contributed by atoms with Crippen molar-refractivity contribution in [3.63, 3.8) is 0 Å². The largest absolute Gasteiger partial charge is 0.383 e. The van der Waals surface area contributed by atoms with Crippen molar-refractivity contribution >= 4 is 11.8 Å². The Balaban J connectivity index is 2.14. The molecule has 0 aliphatic carbocycles. The van der Waals surface area contributed by atoms with Gasteiger partial charge in [0.05, 0.1) is 19.7 Å². The molecule has 0 spiro atoms. The molecule has 24 heavy (non-hydrogen) atoms. The van der Waals surface area contributed by atoms with Crippen molar-refractivity contribution in [3.05, 3.63) is 0 Å². The topological polar surface area (TPSA) is 73.9 Å². The lowest BCUT2D eigenvalue weighted by molar-refractivity contribution is -0.125. The third-order valence-electron chi connectivity index (χ3n) is 4.02. The zero-order chi connectivity index (χ0) is 18.0. The summed E-state index contributed by atoms with van der Waals surface area (Å²) in [5.41, 5.74) is 0.239. The zero-order valence-electron chi connectivity index (χ0n) is 15.7. The maximum atomic E-state index is 12.0. The first kappa shape index (κ1) is 20.9. The van der Waals surface area contributed by atoms with Crippen LogP contribution in [-0.2, 0) is 14.3 Å². The van der Waals surface area contributed by atoms with Crippen LogP contribution >= 0.6 is 0 Å². The highest BCUT2D eigenvalue weighted by molar-refractivity contribution is 5.78. The van der Waals surface area contributed by atoms with Gasteiger partial charge >= 0.3 is 0 Å². The third-order valence-corrected chi connectivity index (χ3v) is 4.02. The molecule has 0 unspecified atom stereocenters. The van der Waals surface area contributed by atoms with Gasteiger partial charge in [0.25, 0.3) is 0 Å². The number of ether oxygens (including phenoxy) is 1. The van der Waals surface area contributed by atoms with Crippen LogP contribution in [0.3, 0.4) is 0 Å². The summed E-state index contributed by atoms with van der Waals surface area (Å²) >= 11 is 0. The highest BCUT2D eigenvalue weighted by Crippen LogP contribution is 2.16. The second kappa shape index (κ2) is 10.6. The van der Waals surface area contributed by atoms with Crippen LogP contribution < -0.4 is 10.6 Å². The molecule has 0 bridgehead atoms. The van der Waals surface area contributed by atoms with E-state index in [9.17, 15) is 9.59 Å². The van der Waals surface area contributed by atoms with E-state index in [0.717, 1.165) is 39.1 Å². The predicted molar refractivity (Wildman–Crippen MR) is 94.8 cm³/mol. The maximum absolute atomic E-state index is 12.0. The highest BCUT2D eigenvalue weighted by atomic mass is 16.5.